The number of rotatable bonds is 2. The number of hydrogen-bond acceptors (Lipinski definition) is 3. The van der Waals surface area contributed by atoms with Gasteiger partial charge in [-0.15, -0.1) is 0 Å². The molecule has 0 fully saturated rings. The molecule has 4 nitrogen and oxygen atoms in total. The van der Waals surface area contributed by atoms with E-state index in [1.165, 1.54) is 0 Å². The number of nitrogens with zero attached hydrogens (tertiary/aromatic N) is 1. The first kappa shape index (κ1) is 15.9. The molecule has 0 saturated heterocycles. The summed E-state index contributed by atoms with van der Waals surface area (Å²) in [6.45, 7) is 0. The van der Waals surface area contributed by atoms with E-state index in [2.05, 4.69) is 0 Å². The molecule has 0 aliphatic carbocycles. The van der Waals surface area contributed by atoms with Crippen molar-refractivity contribution in [2.75, 3.05) is 0 Å². The lowest BCUT2D eigenvalue weighted by Gasteiger charge is -2.24. The summed E-state index contributed by atoms with van der Waals surface area (Å²) in [5, 5.41) is 14.2. The van der Waals surface area contributed by atoms with Crippen LogP contribution in [0.1, 0.15) is 17.2 Å². The van der Waals surface area contributed by atoms with Crippen LogP contribution in [0.15, 0.2) is 60.3 Å². The second-order valence-electron chi connectivity index (χ2n) is 5.66. The average molecular weight is 372 g/mol. The van der Waals surface area contributed by atoms with Gasteiger partial charge in [0.1, 0.15) is 5.75 Å². The predicted molar refractivity (Wildman–Crippen MR) is 98.8 cm³/mol. The van der Waals surface area contributed by atoms with E-state index in [0.717, 1.165) is 10.8 Å². The number of hydrogen-bond donors (Lipinski definition) is 0. The Balaban J connectivity index is 1.96. The van der Waals surface area contributed by atoms with Gasteiger partial charge in [-0.2, -0.15) is 0 Å². The van der Waals surface area contributed by atoms with Gasteiger partial charge in [0.05, 0.1) is 4.92 Å². The summed E-state index contributed by atoms with van der Waals surface area (Å²) in [6, 6.07) is 16.4. The molecule has 1 atom stereocenters. The first-order chi connectivity index (χ1) is 12.1. The highest BCUT2D eigenvalue weighted by atomic mass is 35.5. The highest BCUT2D eigenvalue weighted by Crippen LogP contribution is 2.44. The smallest absolute Gasteiger partial charge is 0.291 e. The Morgan fingerprint density at radius 2 is 1.68 bits per heavy atom. The van der Waals surface area contributed by atoms with Crippen LogP contribution in [0, 0.1) is 10.1 Å². The van der Waals surface area contributed by atoms with Crippen molar-refractivity contribution in [3.8, 4) is 5.75 Å². The summed E-state index contributed by atoms with van der Waals surface area (Å²) in [4.78, 5) is 11.2. The zero-order valence-electron chi connectivity index (χ0n) is 12.8. The lowest BCUT2D eigenvalue weighted by atomic mass is 9.97. The zero-order valence-corrected chi connectivity index (χ0v) is 14.3. The first-order valence-electron chi connectivity index (χ1n) is 7.54. The molecular formula is C19H11Cl2NO3. The number of nitro groups is 1. The molecule has 0 aromatic heterocycles. The number of ether oxygens (including phenoxy) is 1. The zero-order chi connectivity index (χ0) is 17.6. The molecule has 124 valence electrons. The number of halogens is 2. The Morgan fingerprint density at radius 3 is 2.40 bits per heavy atom. The van der Waals surface area contributed by atoms with Crippen molar-refractivity contribution in [1.82, 2.24) is 0 Å². The highest BCUT2D eigenvalue weighted by molar-refractivity contribution is 6.36. The second-order valence-corrected chi connectivity index (χ2v) is 6.47. The molecule has 25 heavy (non-hydrogen) atoms. The molecule has 4 rings (SSSR count). The lowest BCUT2D eigenvalue weighted by Crippen LogP contribution is -2.20. The van der Waals surface area contributed by atoms with E-state index >= 15 is 0 Å². The molecule has 0 amide bonds. The maximum absolute atomic E-state index is 11.7. The fourth-order valence-electron chi connectivity index (χ4n) is 3.05. The molecule has 6 heteroatoms. The number of benzene rings is 3. The van der Waals surface area contributed by atoms with Crippen molar-refractivity contribution in [2.24, 2.45) is 0 Å². The van der Waals surface area contributed by atoms with E-state index in [4.69, 9.17) is 27.9 Å². The van der Waals surface area contributed by atoms with Gasteiger partial charge in [0.25, 0.3) is 5.70 Å². The van der Waals surface area contributed by atoms with E-state index in [-0.39, 0.29) is 5.70 Å². The number of fused-ring (bicyclic) bond motifs is 3. The first-order valence-corrected chi connectivity index (χ1v) is 8.30. The van der Waals surface area contributed by atoms with E-state index in [9.17, 15) is 10.1 Å². The van der Waals surface area contributed by atoms with Crippen molar-refractivity contribution < 1.29 is 9.66 Å². The molecule has 3 aromatic rings. The summed E-state index contributed by atoms with van der Waals surface area (Å²) in [5.41, 5.74) is 0.982. The summed E-state index contributed by atoms with van der Waals surface area (Å²) < 4.78 is 5.98. The topological polar surface area (TPSA) is 52.4 Å². The van der Waals surface area contributed by atoms with Gasteiger partial charge in [-0.05, 0) is 29.0 Å². The van der Waals surface area contributed by atoms with Gasteiger partial charge in [-0.25, -0.2) is 0 Å². The molecule has 1 aliphatic heterocycles. The largest absolute Gasteiger partial charge is 0.474 e. The Labute approximate surface area is 153 Å². The molecule has 1 unspecified atom stereocenters. The molecule has 0 bridgehead atoms. The third-order valence-electron chi connectivity index (χ3n) is 4.21. The van der Waals surface area contributed by atoms with Gasteiger partial charge in [0.15, 0.2) is 0 Å². The molecule has 1 heterocycles. The Bertz CT molecular complexity index is 1030. The maximum atomic E-state index is 11.7. The molecule has 0 N–H and O–H groups in total. The van der Waals surface area contributed by atoms with E-state index < -0.39 is 11.0 Å². The Morgan fingerprint density at radius 1 is 0.960 bits per heavy atom. The normalized spacial score (nSPS) is 16.1. The van der Waals surface area contributed by atoms with Crippen LogP contribution in [0.2, 0.25) is 10.0 Å². The Kier molecular flexibility index (Phi) is 3.86. The third-order valence-corrected chi connectivity index (χ3v) is 4.87. The summed E-state index contributed by atoms with van der Waals surface area (Å²) in [5.74, 6) is 0.560. The van der Waals surface area contributed by atoms with Gasteiger partial charge < -0.3 is 4.74 Å². The molecule has 0 spiro atoms. The van der Waals surface area contributed by atoms with Crippen molar-refractivity contribution in [2.45, 2.75) is 6.10 Å². The second kappa shape index (κ2) is 6.06. The molecule has 0 saturated carbocycles. The van der Waals surface area contributed by atoms with E-state index in [0.29, 0.717) is 26.9 Å². The van der Waals surface area contributed by atoms with Crippen LogP contribution in [-0.2, 0) is 0 Å². The minimum absolute atomic E-state index is 0.0983. The van der Waals surface area contributed by atoms with Gasteiger partial charge in [0.2, 0.25) is 6.10 Å². The van der Waals surface area contributed by atoms with Crippen LogP contribution >= 0.6 is 23.2 Å². The minimum Gasteiger partial charge on any atom is -0.474 e. The van der Waals surface area contributed by atoms with Crippen LogP contribution in [0.4, 0.5) is 0 Å². The monoisotopic (exact) mass is 371 g/mol. The summed E-state index contributed by atoms with van der Waals surface area (Å²) in [6.07, 6.45) is 0.579. The fourth-order valence-corrected chi connectivity index (χ4v) is 3.65. The quantitative estimate of drug-likeness (QED) is 0.416. The van der Waals surface area contributed by atoms with Crippen LogP contribution in [0.25, 0.3) is 16.8 Å². The van der Waals surface area contributed by atoms with Crippen LogP contribution in [-0.4, -0.2) is 4.92 Å². The van der Waals surface area contributed by atoms with Crippen molar-refractivity contribution >= 4 is 40.1 Å². The van der Waals surface area contributed by atoms with Crippen molar-refractivity contribution in [3.63, 3.8) is 0 Å². The third kappa shape index (κ3) is 2.64. The summed E-state index contributed by atoms with van der Waals surface area (Å²) in [7, 11) is 0. The van der Waals surface area contributed by atoms with Gasteiger partial charge in [-0.3, -0.25) is 10.1 Å². The van der Waals surface area contributed by atoms with Crippen LogP contribution in [0.3, 0.4) is 0 Å². The average Bonchev–Trinajstić information content (AvgIpc) is 2.60. The predicted octanol–water partition coefficient (Wildman–Crippen LogP) is 5.90. The highest BCUT2D eigenvalue weighted by Gasteiger charge is 2.36. The molecule has 0 radical (unpaired) electrons. The SMILES string of the molecule is O=[N+]([O-])C1=Cc2c(ccc3ccccc23)OC1c1c(Cl)cccc1Cl. The van der Waals surface area contributed by atoms with Gasteiger partial charge >= 0.3 is 0 Å². The van der Waals surface area contributed by atoms with E-state index in [1.807, 2.05) is 36.4 Å². The van der Waals surface area contributed by atoms with Crippen LogP contribution in [0.5, 0.6) is 5.75 Å². The van der Waals surface area contributed by atoms with Crippen molar-refractivity contribution in [3.05, 3.63) is 91.6 Å². The van der Waals surface area contributed by atoms with Crippen molar-refractivity contribution in [1.29, 1.82) is 0 Å². The minimum atomic E-state index is -0.968. The van der Waals surface area contributed by atoms with Gasteiger partial charge in [0, 0.05) is 27.2 Å². The summed E-state index contributed by atoms with van der Waals surface area (Å²) >= 11 is 12.5. The molecule has 1 aliphatic rings. The standard InChI is InChI=1S/C19H11Cl2NO3/c20-14-6-3-7-15(21)18(14)19-16(22(23)24)10-13-12-5-2-1-4-11(12)8-9-17(13)25-19/h1-10,19H. The molecule has 3 aromatic carbocycles. The Hall–Kier alpha value is -2.56. The van der Waals surface area contributed by atoms with Crippen LogP contribution < -0.4 is 4.74 Å². The maximum Gasteiger partial charge on any atom is 0.291 e. The van der Waals surface area contributed by atoms with E-state index in [1.54, 1.807) is 24.3 Å². The fraction of sp³-hybridized carbons (Fsp3) is 0.0526. The molecular weight excluding hydrogens is 361 g/mol. The lowest BCUT2D eigenvalue weighted by molar-refractivity contribution is -0.434. The van der Waals surface area contributed by atoms with Gasteiger partial charge in [-0.1, -0.05) is 59.6 Å².